The maximum Gasteiger partial charge on any atom is 0.418 e. The molecular weight excluding hydrogens is 269 g/mol. The minimum absolute atomic E-state index is 0.0492. The van der Waals surface area contributed by atoms with Gasteiger partial charge in [-0.1, -0.05) is 12.1 Å². The van der Waals surface area contributed by atoms with Crippen LogP contribution in [-0.2, 0) is 6.18 Å². The number of nitrogens with one attached hydrogen (secondary N) is 1. The van der Waals surface area contributed by atoms with Crippen molar-refractivity contribution in [2.45, 2.75) is 6.18 Å². The van der Waals surface area contributed by atoms with E-state index in [9.17, 15) is 18.0 Å². The van der Waals surface area contributed by atoms with Gasteiger partial charge in [-0.2, -0.15) is 13.2 Å². The Morgan fingerprint density at radius 3 is 2.15 bits per heavy atom. The lowest BCUT2D eigenvalue weighted by molar-refractivity contribution is -0.136. The van der Waals surface area contributed by atoms with Gasteiger partial charge in [-0.25, -0.2) is 0 Å². The van der Waals surface area contributed by atoms with Crippen molar-refractivity contribution >= 4 is 17.3 Å². The van der Waals surface area contributed by atoms with Crippen molar-refractivity contribution in [2.75, 3.05) is 5.32 Å². The van der Waals surface area contributed by atoms with Gasteiger partial charge in [0.1, 0.15) is 0 Å². The van der Waals surface area contributed by atoms with Crippen molar-refractivity contribution in [3.8, 4) is 0 Å². The van der Waals surface area contributed by atoms with E-state index in [1.54, 1.807) is 0 Å². The van der Waals surface area contributed by atoms with E-state index >= 15 is 0 Å². The molecule has 0 saturated heterocycles. The number of primary amides is 1. The molecule has 0 aliphatic carbocycles. The first-order valence-electron chi connectivity index (χ1n) is 5.71. The van der Waals surface area contributed by atoms with Crippen LogP contribution in [0.2, 0.25) is 0 Å². The number of carbonyl (C=O) groups excluding carboxylic acids is 1. The number of amides is 1. The molecule has 0 bridgehead atoms. The fourth-order valence-corrected chi connectivity index (χ4v) is 1.71. The maximum atomic E-state index is 12.8. The first-order valence-corrected chi connectivity index (χ1v) is 5.71. The molecule has 2 aromatic carbocycles. The van der Waals surface area contributed by atoms with Crippen molar-refractivity contribution in [2.24, 2.45) is 5.73 Å². The highest BCUT2D eigenvalue weighted by molar-refractivity contribution is 5.93. The lowest BCUT2D eigenvalue weighted by Crippen LogP contribution is -2.11. The monoisotopic (exact) mass is 280 g/mol. The summed E-state index contributed by atoms with van der Waals surface area (Å²) >= 11 is 0. The summed E-state index contributed by atoms with van der Waals surface area (Å²) in [6.45, 7) is 0. The van der Waals surface area contributed by atoms with Crippen LogP contribution in [0.3, 0.4) is 0 Å². The fourth-order valence-electron chi connectivity index (χ4n) is 1.71. The van der Waals surface area contributed by atoms with Crippen molar-refractivity contribution in [3.63, 3.8) is 0 Å². The number of anilines is 2. The second kappa shape index (κ2) is 5.24. The molecule has 6 heteroatoms. The number of benzene rings is 2. The van der Waals surface area contributed by atoms with Crippen LogP contribution in [0.5, 0.6) is 0 Å². The first-order chi connectivity index (χ1) is 9.38. The number of carbonyl (C=O) groups is 1. The van der Waals surface area contributed by atoms with E-state index < -0.39 is 17.6 Å². The van der Waals surface area contributed by atoms with E-state index in [-0.39, 0.29) is 5.69 Å². The summed E-state index contributed by atoms with van der Waals surface area (Å²) in [5, 5.41) is 2.67. The predicted molar refractivity (Wildman–Crippen MR) is 69.7 cm³/mol. The third-order valence-corrected chi connectivity index (χ3v) is 2.68. The standard InChI is InChI=1S/C14H11F3N2O/c15-14(16,17)11-3-1-2-4-12(11)19-10-7-5-9(6-8-10)13(18)20/h1-8,19H,(H2,18,20). The second-order valence-corrected chi connectivity index (χ2v) is 4.11. The van der Waals surface area contributed by atoms with E-state index in [1.807, 2.05) is 0 Å². The number of hydrogen-bond donors (Lipinski definition) is 2. The Hall–Kier alpha value is -2.50. The van der Waals surface area contributed by atoms with Gasteiger partial charge in [0.2, 0.25) is 5.91 Å². The summed E-state index contributed by atoms with van der Waals surface area (Å²) in [5.41, 5.74) is 5.02. The molecule has 104 valence electrons. The van der Waals surface area contributed by atoms with Gasteiger partial charge in [0, 0.05) is 11.3 Å². The fraction of sp³-hybridized carbons (Fsp3) is 0.0714. The van der Waals surface area contributed by atoms with Gasteiger partial charge in [-0.15, -0.1) is 0 Å². The normalized spacial score (nSPS) is 11.2. The molecule has 0 aliphatic heterocycles. The highest BCUT2D eigenvalue weighted by atomic mass is 19.4. The highest BCUT2D eigenvalue weighted by Crippen LogP contribution is 2.35. The topological polar surface area (TPSA) is 55.1 Å². The molecule has 0 fully saturated rings. The van der Waals surface area contributed by atoms with Gasteiger partial charge in [-0.3, -0.25) is 4.79 Å². The molecule has 0 spiro atoms. The minimum atomic E-state index is -4.43. The number of rotatable bonds is 3. The zero-order valence-corrected chi connectivity index (χ0v) is 10.2. The van der Waals surface area contributed by atoms with E-state index in [1.165, 1.54) is 42.5 Å². The van der Waals surface area contributed by atoms with Gasteiger partial charge in [-0.05, 0) is 36.4 Å². The molecule has 0 saturated carbocycles. The Bertz CT molecular complexity index is 621. The van der Waals surface area contributed by atoms with Crippen LogP contribution in [0.1, 0.15) is 15.9 Å². The van der Waals surface area contributed by atoms with Crippen LogP contribution < -0.4 is 11.1 Å². The van der Waals surface area contributed by atoms with Gasteiger partial charge in [0.05, 0.1) is 11.3 Å². The Labute approximate surface area is 113 Å². The van der Waals surface area contributed by atoms with Crippen LogP contribution in [0.4, 0.5) is 24.5 Å². The Kier molecular flexibility index (Phi) is 3.65. The lowest BCUT2D eigenvalue weighted by Gasteiger charge is -2.14. The number of halogens is 3. The summed E-state index contributed by atoms with van der Waals surface area (Å²) in [6, 6.07) is 11.0. The van der Waals surface area contributed by atoms with Crippen LogP contribution in [0.25, 0.3) is 0 Å². The average Bonchev–Trinajstić information content (AvgIpc) is 2.38. The first kappa shape index (κ1) is 13.9. The van der Waals surface area contributed by atoms with E-state index in [2.05, 4.69) is 5.32 Å². The SMILES string of the molecule is NC(=O)c1ccc(Nc2ccccc2C(F)(F)F)cc1. The molecular formula is C14H11F3N2O. The smallest absolute Gasteiger partial charge is 0.366 e. The summed E-state index contributed by atoms with van der Waals surface area (Å²) in [5.74, 6) is -0.591. The van der Waals surface area contributed by atoms with Gasteiger partial charge < -0.3 is 11.1 Å². The lowest BCUT2D eigenvalue weighted by atomic mass is 10.1. The molecule has 2 rings (SSSR count). The molecule has 2 aromatic rings. The molecule has 0 aliphatic rings. The maximum absolute atomic E-state index is 12.8. The third kappa shape index (κ3) is 3.09. The molecule has 0 heterocycles. The van der Waals surface area contributed by atoms with Gasteiger partial charge >= 0.3 is 6.18 Å². The Morgan fingerprint density at radius 2 is 1.60 bits per heavy atom. The van der Waals surface area contributed by atoms with Crippen LogP contribution in [-0.4, -0.2) is 5.91 Å². The molecule has 0 aromatic heterocycles. The number of para-hydroxylation sites is 1. The molecule has 0 radical (unpaired) electrons. The Morgan fingerprint density at radius 1 is 1.00 bits per heavy atom. The molecule has 0 unspecified atom stereocenters. The molecule has 1 amide bonds. The van der Waals surface area contributed by atoms with E-state index in [0.717, 1.165) is 6.07 Å². The predicted octanol–water partition coefficient (Wildman–Crippen LogP) is 3.55. The Balaban J connectivity index is 2.28. The number of nitrogens with two attached hydrogens (primary N) is 1. The van der Waals surface area contributed by atoms with Gasteiger partial charge in [0.25, 0.3) is 0 Å². The second-order valence-electron chi connectivity index (χ2n) is 4.11. The largest absolute Gasteiger partial charge is 0.418 e. The minimum Gasteiger partial charge on any atom is -0.366 e. The molecule has 3 N–H and O–H groups in total. The van der Waals surface area contributed by atoms with Crippen molar-refractivity contribution in [1.82, 2.24) is 0 Å². The molecule has 3 nitrogen and oxygen atoms in total. The number of alkyl halides is 3. The van der Waals surface area contributed by atoms with E-state index in [4.69, 9.17) is 5.73 Å². The van der Waals surface area contributed by atoms with Gasteiger partial charge in [0.15, 0.2) is 0 Å². The zero-order chi connectivity index (χ0) is 14.8. The van der Waals surface area contributed by atoms with Crippen molar-refractivity contribution in [1.29, 1.82) is 0 Å². The van der Waals surface area contributed by atoms with Crippen LogP contribution in [0, 0.1) is 0 Å². The summed E-state index contributed by atoms with van der Waals surface area (Å²) in [7, 11) is 0. The molecule has 0 atom stereocenters. The summed E-state index contributed by atoms with van der Waals surface area (Å²) in [6.07, 6.45) is -4.43. The average molecular weight is 280 g/mol. The highest BCUT2D eigenvalue weighted by Gasteiger charge is 2.33. The quantitative estimate of drug-likeness (QED) is 0.903. The van der Waals surface area contributed by atoms with Crippen LogP contribution in [0.15, 0.2) is 48.5 Å². The third-order valence-electron chi connectivity index (χ3n) is 2.68. The van der Waals surface area contributed by atoms with Crippen molar-refractivity contribution in [3.05, 3.63) is 59.7 Å². The summed E-state index contributed by atoms with van der Waals surface area (Å²) in [4.78, 5) is 10.9. The van der Waals surface area contributed by atoms with Crippen LogP contribution >= 0.6 is 0 Å². The number of hydrogen-bond acceptors (Lipinski definition) is 2. The molecule has 20 heavy (non-hydrogen) atoms. The van der Waals surface area contributed by atoms with Crippen molar-refractivity contribution < 1.29 is 18.0 Å². The zero-order valence-electron chi connectivity index (χ0n) is 10.2. The summed E-state index contributed by atoms with van der Waals surface area (Å²) < 4.78 is 38.5. The van der Waals surface area contributed by atoms with E-state index in [0.29, 0.717) is 11.3 Å².